The van der Waals surface area contributed by atoms with Crippen molar-refractivity contribution >= 4 is 24.0 Å². The maximum Gasteiger partial charge on any atom is 0.404 e. The van der Waals surface area contributed by atoms with Crippen molar-refractivity contribution in [2.75, 3.05) is 6.54 Å². The molecule has 134 valence electrons. The molecule has 0 heterocycles. The number of carbonyl (C=O) groups is 2. The van der Waals surface area contributed by atoms with E-state index in [2.05, 4.69) is 15.3 Å². The second-order valence-corrected chi connectivity index (χ2v) is 6.75. The van der Waals surface area contributed by atoms with Gasteiger partial charge in [-0.05, 0) is 25.2 Å². The summed E-state index contributed by atoms with van der Waals surface area (Å²) in [6.07, 6.45) is 4.69. The van der Waals surface area contributed by atoms with E-state index in [1.165, 1.54) is 12.2 Å². The van der Waals surface area contributed by atoms with E-state index in [0.717, 1.165) is 12.8 Å². The van der Waals surface area contributed by atoms with Gasteiger partial charge in [0.15, 0.2) is 5.78 Å². The van der Waals surface area contributed by atoms with Gasteiger partial charge >= 0.3 is 6.09 Å². The summed E-state index contributed by atoms with van der Waals surface area (Å²) < 4.78 is 0. The average Bonchev–Trinajstić information content (AvgIpc) is 2.43. The van der Waals surface area contributed by atoms with Crippen LogP contribution in [0.5, 0.6) is 0 Å². The molecule has 0 spiro atoms. The summed E-state index contributed by atoms with van der Waals surface area (Å²) >= 11 is 0. The smallest absolute Gasteiger partial charge is 0.404 e. The Morgan fingerprint density at radius 3 is 2.42 bits per heavy atom. The highest BCUT2D eigenvalue weighted by Crippen LogP contribution is 2.42. The minimum atomic E-state index is -0.974. The van der Waals surface area contributed by atoms with Crippen molar-refractivity contribution in [2.45, 2.75) is 65.0 Å². The summed E-state index contributed by atoms with van der Waals surface area (Å²) in [4.78, 5) is 49.4. The Bertz CT molecular complexity index is 548. The van der Waals surface area contributed by atoms with E-state index in [4.69, 9.17) is 5.11 Å². The van der Waals surface area contributed by atoms with Crippen LogP contribution in [0.25, 0.3) is 0 Å². The molecular formula is C16H25N3O5. The SMILES string of the molecule is CC1(C)CC(=O)C(N=C=O)C(C)(N=C=O)C1.CCCCNC(=O)O. The number of ketones is 1. The number of carboxylic acid groups (broad SMARTS) is 1. The van der Waals surface area contributed by atoms with Crippen molar-refractivity contribution in [3.8, 4) is 0 Å². The number of hydrogen-bond donors (Lipinski definition) is 2. The van der Waals surface area contributed by atoms with Crippen LogP contribution in [-0.4, -0.2) is 47.3 Å². The molecule has 1 saturated carbocycles. The van der Waals surface area contributed by atoms with Gasteiger partial charge < -0.3 is 10.4 Å². The number of nitrogens with zero attached hydrogens (tertiary/aromatic N) is 2. The minimum absolute atomic E-state index is 0.180. The second-order valence-electron chi connectivity index (χ2n) is 6.75. The summed E-state index contributed by atoms with van der Waals surface area (Å²) in [5.74, 6) is -0.180. The molecule has 2 N–H and O–H groups in total. The number of Topliss-reactive ketones (excluding diaryl/α,β-unsaturated/α-hetero) is 1. The predicted molar refractivity (Wildman–Crippen MR) is 87.4 cm³/mol. The first-order chi connectivity index (χ1) is 11.1. The number of hydrogen-bond acceptors (Lipinski definition) is 6. The van der Waals surface area contributed by atoms with Crippen LogP contribution < -0.4 is 5.32 Å². The molecule has 24 heavy (non-hydrogen) atoms. The highest BCUT2D eigenvalue weighted by Gasteiger charge is 2.49. The van der Waals surface area contributed by atoms with E-state index < -0.39 is 17.7 Å². The standard InChI is InChI=1S/C11H14N2O3.C5H11NO2/c1-10(2)4-8(16)9(12-6-14)11(3,5-10)13-7-15;1-2-3-4-6-5(7)8/h9H,4-5H2,1-3H3;6H,2-4H2,1H3,(H,7,8). The van der Waals surface area contributed by atoms with Crippen LogP contribution in [0.4, 0.5) is 4.79 Å². The van der Waals surface area contributed by atoms with Crippen molar-refractivity contribution in [3.63, 3.8) is 0 Å². The minimum Gasteiger partial charge on any atom is -0.465 e. The maximum atomic E-state index is 11.8. The molecule has 1 amide bonds. The molecule has 0 bridgehead atoms. The Morgan fingerprint density at radius 2 is 1.96 bits per heavy atom. The fourth-order valence-corrected chi connectivity index (χ4v) is 2.88. The summed E-state index contributed by atoms with van der Waals surface area (Å²) in [6, 6.07) is -0.903. The molecule has 0 saturated heterocycles. The molecule has 8 heteroatoms. The number of amides is 1. The Balaban J connectivity index is 0.000000561. The number of aliphatic imine (C=N–C) groups is 2. The zero-order chi connectivity index (χ0) is 18.8. The van der Waals surface area contributed by atoms with Crippen molar-refractivity contribution in [3.05, 3.63) is 0 Å². The van der Waals surface area contributed by atoms with Gasteiger partial charge in [0.25, 0.3) is 0 Å². The van der Waals surface area contributed by atoms with Crippen molar-refractivity contribution in [2.24, 2.45) is 15.4 Å². The van der Waals surface area contributed by atoms with E-state index in [1.807, 2.05) is 20.8 Å². The van der Waals surface area contributed by atoms with Crippen molar-refractivity contribution in [1.29, 1.82) is 0 Å². The largest absolute Gasteiger partial charge is 0.465 e. The Hall–Kier alpha value is -2.30. The number of unbranched alkanes of at least 4 members (excludes halogenated alkanes) is 1. The second kappa shape index (κ2) is 9.75. The molecule has 0 aromatic rings. The average molecular weight is 339 g/mol. The Kier molecular flexibility index (Phi) is 8.82. The van der Waals surface area contributed by atoms with Gasteiger partial charge in [-0.2, -0.15) is 9.98 Å². The van der Waals surface area contributed by atoms with Gasteiger partial charge in [-0.3, -0.25) is 4.79 Å². The zero-order valence-electron chi connectivity index (χ0n) is 14.6. The van der Waals surface area contributed by atoms with Crippen LogP contribution >= 0.6 is 0 Å². The fraction of sp³-hybridized carbons (Fsp3) is 0.750. The monoisotopic (exact) mass is 339 g/mol. The lowest BCUT2D eigenvalue weighted by molar-refractivity contribution is -0.126. The third-order valence-corrected chi connectivity index (χ3v) is 3.67. The van der Waals surface area contributed by atoms with Crippen LogP contribution in [0, 0.1) is 5.41 Å². The molecule has 0 radical (unpaired) electrons. The molecular weight excluding hydrogens is 314 g/mol. The molecule has 1 fully saturated rings. The lowest BCUT2D eigenvalue weighted by Crippen LogP contribution is -2.50. The maximum absolute atomic E-state index is 11.8. The molecule has 1 aliphatic rings. The van der Waals surface area contributed by atoms with Gasteiger partial charge in [-0.15, -0.1) is 0 Å². The highest BCUT2D eigenvalue weighted by atomic mass is 16.4. The fourth-order valence-electron chi connectivity index (χ4n) is 2.88. The van der Waals surface area contributed by atoms with Crippen LogP contribution in [0.2, 0.25) is 0 Å². The molecule has 2 atom stereocenters. The molecule has 2 unspecified atom stereocenters. The van der Waals surface area contributed by atoms with Gasteiger partial charge in [0, 0.05) is 13.0 Å². The molecule has 0 aromatic heterocycles. The molecule has 8 nitrogen and oxygen atoms in total. The van der Waals surface area contributed by atoms with Crippen LogP contribution in [0.3, 0.4) is 0 Å². The number of isocyanates is 2. The van der Waals surface area contributed by atoms with E-state index in [9.17, 15) is 19.2 Å². The van der Waals surface area contributed by atoms with Crippen LogP contribution in [0.15, 0.2) is 9.98 Å². The van der Waals surface area contributed by atoms with Gasteiger partial charge in [-0.1, -0.05) is 27.2 Å². The number of nitrogens with one attached hydrogen (secondary N) is 1. The van der Waals surface area contributed by atoms with Gasteiger partial charge in [-0.25, -0.2) is 14.4 Å². The van der Waals surface area contributed by atoms with Crippen LogP contribution in [0.1, 0.15) is 53.4 Å². The van der Waals surface area contributed by atoms with Gasteiger partial charge in [0.05, 0.1) is 0 Å². The topological polar surface area (TPSA) is 125 Å². The highest BCUT2D eigenvalue weighted by molar-refractivity contribution is 5.88. The third-order valence-electron chi connectivity index (χ3n) is 3.67. The molecule has 1 rings (SSSR count). The summed E-state index contributed by atoms with van der Waals surface area (Å²) in [7, 11) is 0. The quantitative estimate of drug-likeness (QED) is 0.451. The molecule has 0 aromatic carbocycles. The normalized spacial score (nSPS) is 24.5. The lowest BCUT2D eigenvalue weighted by atomic mass is 9.66. The first-order valence-electron chi connectivity index (χ1n) is 7.77. The van der Waals surface area contributed by atoms with E-state index >= 15 is 0 Å². The van der Waals surface area contributed by atoms with E-state index in [0.29, 0.717) is 19.4 Å². The lowest BCUT2D eigenvalue weighted by Gasteiger charge is -2.41. The molecule has 0 aliphatic heterocycles. The van der Waals surface area contributed by atoms with Gasteiger partial charge in [0.2, 0.25) is 12.2 Å². The van der Waals surface area contributed by atoms with Crippen LogP contribution in [-0.2, 0) is 14.4 Å². The molecule has 1 aliphatic carbocycles. The van der Waals surface area contributed by atoms with Crippen molar-refractivity contribution in [1.82, 2.24) is 5.32 Å². The number of rotatable bonds is 5. The Labute approximate surface area is 141 Å². The van der Waals surface area contributed by atoms with E-state index in [-0.39, 0.29) is 11.2 Å². The number of carbonyl (C=O) groups excluding carboxylic acids is 3. The zero-order valence-corrected chi connectivity index (χ0v) is 14.6. The van der Waals surface area contributed by atoms with Gasteiger partial charge in [0.1, 0.15) is 11.6 Å². The summed E-state index contributed by atoms with van der Waals surface area (Å²) in [6.45, 7) is 8.08. The first kappa shape index (κ1) is 21.7. The third kappa shape index (κ3) is 7.31. The summed E-state index contributed by atoms with van der Waals surface area (Å²) in [5, 5.41) is 10.3. The van der Waals surface area contributed by atoms with Crippen molar-refractivity contribution < 1.29 is 24.3 Å². The summed E-state index contributed by atoms with van der Waals surface area (Å²) in [5.41, 5.74) is -1.22. The first-order valence-corrected chi connectivity index (χ1v) is 7.77. The Morgan fingerprint density at radius 1 is 1.33 bits per heavy atom. The predicted octanol–water partition coefficient (Wildman–Crippen LogP) is 2.23. The van der Waals surface area contributed by atoms with E-state index in [1.54, 1.807) is 6.92 Å².